The summed E-state index contributed by atoms with van der Waals surface area (Å²) in [4.78, 5) is 5.80. The highest BCUT2D eigenvalue weighted by molar-refractivity contribution is 5.84. The van der Waals surface area contributed by atoms with Crippen LogP contribution in [-0.2, 0) is 13.0 Å². The fraction of sp³-hybridized carbons (Fsp3) is 0.500. The van der Waals surface area contributed by atoms with E-state index >= 15 is 0 Å². The van der Waals surface area contributed by atoms with Gasteiger partial charge in [0.2, 0.25) is 0 Å². The second kappa shape index (κ2) is 5.54. The lowest BCUT2D eigenvalue weighted by Gasteiger charge is -2.27. The van der Waals surface area contributed by atoms with Gasteiger partial charge in [-0.1, -0.05) is 0 Å². The van der Waals surface area contributed by atoms with Gasteiger partial charge >= 0.3 is 0 Å². The number of nitrogens with one attached hydrogen (secondary N) is 1. The van der Waals surface area contributed by atoms with Crippen molar-refractivity contribution in [1.29, 1.82) is 0 Å². The Hall–Kier alpha value is -1.39. The van der Waals surface area contributed by atoms with E-state index < -0.39 is 0 Å². The molecular weight excluding hydrogens is 255 g/mol. The van der Waals surface area contributed by atoms with Crippen molar-refractivity contribution in [3.8, 4) is 0 Å². The van der Waals surface area contributed by atoms with Crippen LogP contribution in [0.2, 0.25) is 0 Å². The number of aliphatic hydroxyl groups excluding tert-OH is 1. The summed E-state index contributed by atoms with van der Waals surface area (Å²) in [7, 11) is 0. The SMILES string of the molecule is C[C@@H](O)CCCN1CCc2[nH]c3ccc(F)cc3c2C1. The van der Waals surface area contributed by atoms with Crippen LogP contribution in [0.3, 0.4) is 0 Å². The zero-order valence-corrected chi connectivity index (χ0v) is 11.8. The van der Waals surface area contributed by atoms with Crippen LogP contribution in [0, 0.1) is 5.82 Å². The van der Waals surface area contributed by atoms with Crippen LogP contribution < -0.4 is 0 Å². The number of hydrogen-bond acceptors (Lipinski definition) is 2. The molecule has 0 radical (unpaired) electrons. The van der Waals surface area contributed by atoms with Crippen molar-refractivity contribution >= 4 is 10.9 Å². The average Bonchev–Trinajstić information content (AvgIpc) is 2.76. The summed E-state index contributed by atoms with van der Waals surface area (Å²) in [5, 5.41) is 10.3. The van der Waals surface area contributed by atoms with Crippen LogP contribution in [0.4, 0.5) is 4.39 Å². The summed E-state index contributed by atoms with van der Waals surface area (Å²) < 4.78 is 13.4. The average molecular weight is 276 g/mol. The van der Waals surface area contributed by atoms with E-state index in [9.17, 15) is 9.50 Å². The summed E-state index contributed by atoms with van der Waals surface area (Å²) in [6.07, 6.45) is 2.60. The molecule has 20 heavy (non-hydrogen) atoms. The maximum atomic E-state index is 13.4. The second-order valence-corrected chi connectivity index (χ2v) is 5.79. The van der Waals surface area contributed by atoms with Crippen molar-refractivity contribution in [2.24, 2.45) is 0 Å². The molecule has 0 aliphatic carbocycles. The van der Waals surface area contributed by atoms with Crippen LogP contribution >= 0.6 is 0 Å². The molecule has 1 atom stereocenters. The van der Waals surface area contributed by atoms with E-state index in [-0.39, 0.29) is 11.9 Å². The molecular formula is C16H21FN2O. The van der Waals surface area contributed by atoms with Gasteiger partial charge in [0.25, 0.3) is 0 Å². The number of H-pyrrole nitrogens is 1. The van der Waals surface area contributed by atoms with Crippen molar-refractivity contribution in [2.75, 3.05) is 13.1 Å². The lowest BCUT2D eigenvalue weighted by Crippen LogP contribution is -2.31. The Bertz CT molecular complexity index is 606. The van der Waals surface area contributed by atoms with E-state index in [1.165, 1.54) is 17.3 Å². The van der Waals surface area contributed by atoms with E-state index in [0.29, 0.717) is 0 Å². The molecule has 1 aliphatic heterocycles. The maximum Gasteiger partial charge on any atom is 0.123 e. The van der Waals surface area contributed by atoms with Crippen LogP contribution in [0.15, 0.2) is 18.2 Å². The third-order valence-electron chi connectivity index (χ3n) is 4.11. The molecule has 0 saturated carbocycles. The van der Waals surface area contributed by atoms with Gasteiger partial charge in [-0.25, -0.2) is 4.39 Å². The van der Waals surface area contributed by atoms with Gasteiger partial charge in [-0.05, 0) is 50.1 Å². The summed E-state index contributed by atoms with van der Waals surface area (Å²) in [5.74, 6) is -0.175. The molecule has 3 rings (SSSR count). The van der Waals surface area contributed by atoms with E-state index in [4.69, 9.17) is 0 Å². The largest absolute Gasteiger partial charge is 0.393 e. The summed E-state index contributed by atoms with van der Waals surface area (Å²) in [5.41, 5.74) is 3.52. The standard InChI is InChI=1S/C16H21FN2O/c1-11(20)3-2-7-19-8-6-16-14(10-19)13-9-12(17)4-5-15(13)18-16/h4-5,9,11,18,20H,2-3,6-8,10H2,1H3/t11-/m1/s1. The lowest BCUT2D eigenvalue weighted by atomic mass is 10.0. The number of fused-ring (bicyclic) bond motifs is 3. The number of aromatic nitrogens is 1. The fourth-order valence-corrected chi connectivity index (χ4v) is 3.04. The number of halogens is 1. The monoisotopic (exact) mass is 276 g/mol. The highest BCUT2D eigenvalue weighted by atomic mass is 19.1. The molecule has 2 aromatic rings. The van der Waals surface area contributed by atoms with E-state index in [1.54, 1.807) is 6.07 Å². The fourth-order valence-electron chi connectivity index (χ4n) is 3.04. The number of rotatable bonds is 4. The molecule has 4 heteroatoms. The third kappa shape index (κ3) is 2.72. The van der Waals surface area contributed by atoms with Crippen molar-refractivity contribution in [3.05, 3.63) is 35.3 Å². The van der Waals surface area contributed by atoms with Gasteiger partial charge in [0.15, 0.2) is 0 Å². The van der Waals surface area contributed by atoms with Crippen LogP contribution in [0.1, 0.15) is 31.0 Å². The second-order valence-electron chi connectivity index (χ2n) is 5.79. The third-order valence-corrected chi connectivity index (χ3v) is 4.11. The molecule has 2 heterocycles. The van der Waals surface area contributed by atoms with Crippen LogP contribution in [0.25, 0.3) is 10.9 Å². The number of aliphatic hydroxyl groups is 1. The molecule has 0 fully saturated rings. The van der Waals surface area contributed by atoms with Crippen molar-refractivity contribution in [2.45, 2.75) is 38.8 Å². The highest BCUT2D eigenvalue weighted by Crippen LogP contribution is 2.28. The number of nitrogens with zero attached hydrogens (tertiary/aromatic N) is 1. The first-order valence-corrected chi connectivity index (χ1v) is 7.33. The Morgan fingerprint density at radius 3 is 3.10 bits per heavy atom. The smallest absolute Gasteiger partial charge is 0.123 e. The molecule has 3 nitrogen and oxygen atoms in total. The van der Waals surface area contributed by atoms with E-state index in [1.807, 2.05) is 13.0 Å². The quantitative estimate of drug-likeness (QED) is 0.901. The first-order valence-electron chi connectivity index (χ1n) is 7.33. The Balaban J connectivity index is 1.76. The lowest BCUT2D eigenvalue weighted by molar-refractivity contribution is 0.167. The van der Waals surface area contributed by atoms with Crippen molar-refractivity contribution in [3.63, 3.8) is 0 Å². The number of benzene rings is 1. The molecule has 0 spiro atoms. The predicted molar refractivity (Wildman–Crippen MR) is 78.2 cm³/mol. The van der Waals surface area contributed by atoms with Gasteiger partial charge in [-0.2, -0.15) is 0 Å². The first-order chi connectivity index (χ1) is 9.63. The Morgan fingerprint density at radius 1 is 1.45 bits per heavy atom. The van der Waals surface area contributed by atoms with Gasteiger partial charge < -0.3 is 10.1 Å². The molecule has 2 N–H and O–H groups in total. The van der Waals surface area contributed by atoms with Gasteiger partial charge in [-0.15, -0.1) is 0 Å². The minimum absolute atomic E-state index is 0.175. The van der Waals surface area contributed by atoms with Crippen LogP contribution in [0.5, 0.6) is 0 Å². The summed E-state index contributed by atoms with van der Waals surface area (Å²) >= 11 is 0. The molecule has 108 valence electrons. The normalized spacial score (nSPS) is 17.4. The zero-order chi connectivity index (χ0) is 14.1. The topological polar surface area (TPSA) is 39.3 Å². The molecule has 1 aromatic carbocycles. The molecule has 0 bridgehead atoms. The minimum atomic E-state index is -0.225. The van der Waals surface area contributed by atoms with Gasteiger partial charge in [0, 0.05) is 36.1 Å². The molecule has 0 unspecified atom stereocenters. The zero-order valence-electron chi connectivity index (χ0n) is 11.8. The first kappa shape index (κ1) is 13.6. The molecule has 1 aliphatic rings. The molecule has 1 aromatic heterocycles. The van der Waals surface area contributed by atoms with Crippen LogP contribution in [-0.4, -0.2) is 34.2 Å². The maximum absolute atomic E-state index is 13.4. The Morgan fingerprint density at radius 2 is 2.30 bits per heavy atom. The number of hydrogen-bond donors (Lipinski definition) is 2. The Labute approximate surface area is 118 Å². The highest BCUT2D eigenvalue weighted by Gasteiger charge is 2.20. The van der Waals surface area contributed by atoms with E-state index in [0.717, 1.165) is 49.8 Å². The predicted octanol–water partition coefficient (Wildman–Crippen LogP) is 2.83. The summed E-state index contributed by atoms with van der Waals surface area (Å²) in [6, 6.07) is 4.95. The van der Waals surface area contributed by atoms with Crippen molar-refractivity contribution < 1.29 is 9.50 Å². The minimum Gasteiger partial charge on any atom is -0.393 e. The Kier molecular flexibility index (Phi) is 3.76. The molecule has 0 saturated heterocycles. The van der Waals surface area contributed by atoms with Gasteiger partial charge in [0.05, 0.1) is 6.10 Å². The number of aromatic amines is 1. The molecule has 0 amide bonds. The van der Waals surface area contributed by atoms with E-state index in [2.05, 4.69) is 9.88 Å². The van der Waals surface area contributed by atoms with Gasteiger partial charge in [0.1, 0.15) is 5.82 Å². The summed E-state index contributed by atoms with van der Waals surface area (Å²) in [6.45, 7) is 4.73. The van der Waals surface area contributed by atoms with Crippen molar-refractivity contribution in [1.82, 2.24) is 9.88 Å². The van der Waals surface area contributed by atoms with Gasteiger partial charge in [-0.3, -0.25) is 4.90 Å².